The minimum Gasteiger partial charge on any atom is -0.339 e. The summed E-state index contributed by atoms with van der Waals surface area (Å²) in [6.07, 6.45) is 4.66. The second-order valence-electron chi connectivity index (χ2n) is 7.41. The van der Waals surface area contributed by atoms with Gasteiger partial charge in [-0.25, -0.2) is 14.4 Å². The molecule has 1 aromatic heterocycles. The van der Waals surface area contributed by atoms with Gasteiger partial charge in [0, 0.05) is 57.6 Å². The van der Waals surface area contributed by atoms with Gasteiger partial charge in [0.15, 0.2) is 0 Å². The number of carbonyl (C=O) groups is 2. The minimum absolute atomic E-state index is 0.0841. The van der Waals surface area contributed by atoms with Crippen LogP contribution in [0.15, 0.2) is 42.7 Å². The van der Waals surface area contributed by atoms with E-state index in [1.165, 1.54) is 12.1 Å². The highest BCUT2D eigenvalue weighted by molar-refractivity contribution is 5.94. The van der Waals surface area contributed by atoms with E-state index in [0.29, 0.717) is 58.1 Å². The van der Waals surface area contributed by atoms with Crippen molar-refractivity contribution < 1.29 is 14.0 Å². The van der Waals surface area contributed by atoms with Crippen molar-refractivity contribution in [3.63, 3.8) is 0 Å². The molecule has 0 spiro atoms. The quantitative estimate of drug-likeness (QED) is 0.790. The molecule has 1 aromatic carbocycles. The fraction of sp³-hybridized carbons (Fsp3) is 0.429. The van der Waals surface area contributed by atoms with Crippen molar-refractivity contribution in [2.75, 3.05) is 44.2 Å². The zero-order chi connectivity index (χ0) is 20.2. The van der Waals surface area contributed by atoms with Gasteiger partial charge in [0.25, 0.3) is 5.91 Å². The van der Waals surface area contributed by atoms with Crippen molar-refractivity contribution in [2.45, 2.75) is 12.8 Å². The van der Waals surface area contributed by atoms with Crippen molar-refractivity contribution in [1.82, 2.24) is 19.8 Å². The molecular weight excluding hydrogens is 373 g/mol. The van der Waals surface area contributed by atoms with Crippen LogP contribution in [0.4, 0.5) is 10.3 Å². The molecule has 4 rings (SSSR count). The number of benzene rings is 1. The average molecular weight is 397 g/mol. The van der Waals surface area contributed by atoms with Gasteiger partial charge in [0.05, 0.1) is 5.56 Å². The van der Waals surface area contributed by atoms with E-state index in [-0.39, 0.29) is 23.3 Å². The number of carbonyl (C=O) groups excluding carboxylic acids is 2. The molecule has 152 valence electrons. The number of anilines is 1. The molecule has 0 radical (unpaired) electrons. The maximum atomic E-state index is 13.9. The summed E-state index contributed by atoms with van der Waals surface area (Å²) in [4.78, 5) is 39.6. The van der Waals surface area contributed by atoms with Gasteiger partial charge in [0.2, 0.25) is 11.9 Å². The standard InChI is InChI=1S/C21H24FN5O2/c22-18-5-2-1-4-17(18)20(29)25-10-6-16(7-11-25)19(28)26-12-14-27(15-13-26)21-23-8-3-9-24-21/h1-5,8-9,16H,6-7,10-15H2. The first-order valence-corrected chi connectivity index (χ1v) is 9.98. The highest BCUT2D eigenvalue weighted by atomic mass is 19.1. The van der Waals surface area contributed by atoms with Crippen LogP contribution in [0.5, 0.6) is 0 Å². The molecule has 0 N–H and O–H groups in total. The molecule has 7 nitrogen and oxygen atoms in total. The molecule has 2 aliphatic rings. The molecule has 2 saturated heterocycles. The Bertz CT molecular complexity index is 862. The summed E-state index contributed by atoms with van der Waals surface area (Å²) in [6, 6.07) is 7.81. The van der Waals surface area contributed by atoms with E-state index < -0.39 is 5.82 Å². The van der Waals surface area contributed by atoms with Gasteiger partial charge in [-0.05, 0) is 31.0 Å². The Morgan fingerprint density at radius 1 is 0.862 bits per heavy atom. The van der Waals surface area contributed by atoms with Crippen LogP contribution in [-0.2, 0) is 4.79 Å². The molecule has 0 unspecified atom stereocenters. The predicted octanol–water partition coefficient (Wildman–Crippen LogP) is 1.82. The van der Waals surface area contributed by atoms with Gasteiger partial charge in [-0.3, -0.25) is 9.59 Å². The Kier molecular flexibility index (Phi) is 5.69. The fourth-order valence-corrected chi connectivity index (χ4v) is 3.97. The lowest BCUT2D eigenvalue weighted by atomic mass is 9.94. The van der Waals surface area contributed by atoms with E-state index >= 15 is 0 Å². The Balaban J connectivity index is 1.28. The lowest BCUT2D eigenvalue weighted by Gasteiger charge is -2.38. The lowest BCUT2D eigenvalue weighted by molar-refractivity contribution is -0.137. The van der Waals surface area contributed by atoms with E-state index in [1.54, 1.807) is 35.5 Å². The third-order valence-electron chi connectivity index (χ3n) is 5.66. The molecule has 0 saturated carbocycles. The van der Waals surface area contributed by atoms with Crippen molar-refractivity contribution in [3.8, 4) is 0 Å². The summed E-state index contributed by atoms with van der Waals surface area (Å²) in [5, 5.41) is 0. The van der Waals surface area contributed by atoms with E-state index in [2.05, 4.69) is 14.9 Å². The minimum atomic E-state index is -0.504. The maximum absolute atomic E-state index is 13.9. The van der Waals surface area contributed by atoms with Crippen LogP contribution in [0, 0.1) is 11.7 Å². The second-order valence-corrected chi connectivity index (χ2v) is 7.41. The van der Waals surface area contributed by atoms with E-state index in [0.717, 1.165) is 0 Å². The predicted molar refractivity (Wildman–Crippen MR) is 106 cm³/mol. The SMILES string of the molecule is O=C(c1ccccc1F)N1CCC(C(=O)N2CCN(c3ncccn3)CC2)CC1. The zero-order valence-corrected chi connectivity index (χ0v) is 16.2. The Hall–Kier alpha value is -3.03. The monoisotopic (exact) mass is 397 g/mol. The van der Waals surface area contributed by atoms with E-state index in [4.69, 9.17) is 0 Å². The van der Waals surface area contributed by atoms with Crippen LogP contribution in [-0.4, -0.2) is 70.9 Å². The molecule has 29 heavy (non-hydrogen) atoms. The number of piperazine rings is 1. The molecule has 2 fully saturated rings. The van der Waals surface area contributed by atoms with Crippen molar-refractivity contribution >= 4 is 17.8 Å². The summed E-state index contributed by atoms with van der Waals surface area (Å²) in [5.41, 5.74) is 0.0940. The molecule has 8 heteroatoms. The third kappa shape index (κ3) is 4.21. The van der Waals surface area contributed by atoms with Gasteiger partial charge in [0.1, 0.15) is 5.82 Å². The average Bonchev–Trinajstić information content (AvgIpc) is 2.79. The molecule has 3 heterocycles. The van der Waals surface area contributed by atoms with E-state index in [1.807, 2.05) is 4.90 Å². The summed E-state index contributed by atoms with van der Waals surface area (Å²) in [6.45, 7) is 3.65. The van der Waals surface area contributed by atoms with Gasteiger partial charge < -0.3 is 14.7 Å². The summed E-state index contributed by atoms with van der Waals surface area (Å²) < 4.78 is 13.9. The first-order valence-electron chi connectivity index (χ1n) is 9.98. The van der Waals surface area contributed by atoms with Crippen LogP contribution in [0.3, 0.4) is 0 Å². The van der Waals surface area contributed by atoms with Crippen LogP contribution in [0.25, 0.3) is 0 Å². The first-order chi connectivity index (χ1) is 14.1. The Morgan fingerprint density at radius 3 is 2.17 bits per heavy atom. The number of halogens is 1. The number of amides is 2. The number of rotatable bonds is 3. The largest absolute Gasteiger partial charge is 0.339 e. The number of hydrogen-bond donors (Lipinski definition) is 0. The lowest BCUT2D eigenvalue weighted by Crippen LogP contribution is -2.52. The number of hydrogen-bond acceptors (Lipinski definition) is 5. The van der Waals surface area contributed by atoms with Crippen molar-refractivity contribution in [2.24, 2.45) is 5.92 Å². The fourth-order valence-electron chi connectivity index (χ4n) is 3.97. The highest BCUT2D eigenvalue weighted by Crippen LogP contribution is 2.23. The van der Waals surface area contributed by atoms with Gasteiger partial charge in [-0.1, -0.05) is 12.1 Å². The molecule has 0 aliphatic carbocycles. The number of aromatic nitrogens is 2. The van der Waals surface area contributed by atoms with Crippen LogP contribution >= 0.6 is 0 Å². The van der Waals surface area contributed by atoms with Gasteiger partial charge in [-0.2, -0.15) is 0 Å². The molecule has 2 aliphatic heterocycles. The van der Waals surface area contributed by atoms with Crippen molar-refractivity contribution in [1.29, 1.82) is 0 Å². The first kappa shape index (κ1) is 19.3. The molecule has 0 atom stereocenters. The highest BCUT2D eigenvalue weighted by Gasteiger charge is 2.32. The molecule has 2 amide bonds. The Morgan fingerprint density at radius 2 is 1.52 bits per heavy atom. The smallest absolute Gasteiger partial charge is 0.256 e. The number of likely N-dealkylation sites (tertiary alicyclic amines) is 1. The number of nitrogens with zero attached hydrogens (tertiary/aromatic N) is 5. The van der Waals surface area contributed by atoms with Crippen molar-refractivity contribution in [3.05, 3.63) is 54.1 Å². The third-order valence-corrected chi connectivity index (χ3v) is 5.66. The summed E-state index contributed by atoms with van der Waals surface area (Å²) in [5.74, 6) is -0.0446. The van der Waals surface area contributed by atoms with Crippen LogP contribution in [0.1, 0.15) is 23.2 Å². The van der Waals surface area contributed by atoms with Gasteiger partial charge in [-0.15, -0.1) is 0 Å². The zero-order valence-electron chi connectivity index (χ0n) is 16.2. The van der Waals surface area contributed by atoms with Crippen LogP contribution in [0.2, 0.25) is 0 Å². The van der Waals surface area contributed by atoms with Gasteiger partial charge >= 0.3 is 0 Å². The summed E-state index contributed by atoms with van der Waals surface area (Å²) in [7, 11) is 0. The number of piperidine rings is 1. The summed E-state index contributed by atoms with van der Waals surface area (Å²) >= 11 is 0. The second kappa shape index (κ2) is 8.55. The maximum Gasteiger partial charge on any atom is 0.256 e. The van der Waals surface area contributed by atoms with Crippen LogP contribution < -0.4 is 4.90 Å². The topological polar surface area (TPSA) is 69.6 Å². The molecule has 0 bridgehead atoms. The molecular formula is C21H24FN5O2. The molecule has 2 aromatic rings. The normalized spacial score (nSPS) is 18.0. The Labute approximate surface area is 169 Å². The van der Waals surface area contributed by atoms with E-state index in [9.17, 15) is 14.0 Å².